The fourth-order valence-corrected chi connectivity index (χ4v) is 2.40. The van der Waals surface area contributed by atoms with E-state index in [9.17, 15) is 9.18 Å². The maximum Gasteiger partial charge on any atom is 0.150 e. The van der Waals surface area contributed by atoms with Crippen molar-refractivity contribution in [1.29, 1.82) is 0 Å². The van der Waals surface area contributed by atoms with Gasteiger partial charge in [-0.25, -0.2) is 4.39 Å². The SMILES string of the molecule is Cc1c(Br)cc(C=O)cc1Cc1cccc(F)c1.ClCCl. The first-order valence-electron chi connectivity index (χ1n) is 6.12. The highest BCUT2D eigenvalue weighted by molar-refractivity contribution is 9.10. The molecule has 0 aliphatic heterocycles. The summed E-state index contributed by atoms with van der Waals surface area (Å²) >= 11 is 13.0. The number of alkyl halides is 2. The Morgan fingerprint density at radius 1 is 1.24 bits per heavy atom. The smallest absolute Gasteiger partial charge is 0.150 e. The number of hydrogen-bond acceptors (Lipinski definition) is 1. The predicted molar refractivity (Wildman–Crippen MR) is 90.0 cm³/mol. The minimum Gasteiger partial charge on any atom is -0.298 e. The van der Waals surface area contributed by atoms with Gasteiger partial charge in [-0.15, -0.1) is 23.2 Å². The van der Waals surface area contributed by atoms with Crippen LogP contribution in [-0.4, -0.2) is 11.6 Å². The van der Waals surface area contributed by atoms with E-state index in [0.29, 0.717) is 12.0 Å². The summed E-state index contributed by atoms with van der Waals surface area (Å²) in [6, 6.07) is 10.1. The Morgan fingerprint density at radius 3 is 2.48 bits per heavy atom. The molecule has 21 heavy (non-hydrogen) atoms. The molecular formula is C16H14BrCl2FO. The number of aldehydes is 1. The van der Waals surface area contributed by atoms with E-state index >= 15 is 0 Å². The highest BCUT2D eigenvalue weighted by atomic mass is 79.9. The van der Waals surface area contributed by atoms with Crippen LogP contribution in [0, 0.1) is 12.7 Å². The average molecular weight is 392 g/mol. The van der Waals surface area contributed by atoms with Crippen LogP contribution in [0.25, 0.3) is 0 Å². The minimum absolute atomic E-state index is 0.194. The summed E-state index contributed by atoms with van der Waals surface area (Å²) in [4.78, 5) is 10.8. The van der Waals surface area contributed by atoms with Crippen LogP contribution in [0.15, 0.2) is 40.9 Å². The Hall–Kier alpha value is -0.900. The lowest BCUT2D eigenvalue weighted by atomic mass is 9.98. The Morgan fingerprint density at radius 2 is 1.90 bits per heavy atom. The molecule has 0 N–H and O–H groups in total. The summed E-state index contributed by atoms with van der Waals surface area (Å²) in [5, 5.41) is 0.194. The van der Waals surface area contributed by atoms with Crippen LogP contribution in [0.4, 0.5) is 4.39 Å². The van der Waals surface area contributed by atoms with E-state index in [1.165, 1.54) is 12.1 Å². The zero-order chi connectivity index (χ0) is 15.8. The van der Waals surface area contributed by atoms with Gasteiger partial charge >= 0.3 is 0 Å². The number of rotatable bonds is 3. The molecule has 2 rings (SSSR count). The van der Waals surface area contributed by atoms with E-state index in [-0.39, 0.29) is 11.2 Å². The van der Waals surface area contributed by atoms with Gasteiger partial charge in [-0.05, 0) is 54.3 Å². The van der Waals surface area contributed by atoms with Gasteiger partial charge in [0.2, 0.25) is 0 Å². The molecule has 0 saturated carbocycles. The molecule has 112 valence electrons. The fraction of sp³-hybridized carbons (Fsp3) is 0.188. The molecule has 0 unspecified atom stereocenters. The summed E-state index contributed by atoms with van der Waals surface area (Å²) in [7, 11) is 0. The van der Waals surface area contributed by atoms with E-state index in [1.54, 1.807) is 12.1 Å². The lowest BCUT2D eigenvalue weighted by Crippen LogP contribution is -1.96. The Balaban J connectivity index is 0.000000677. The largest absolute Gasteiger partial charge is 0.298 e. The summed E-state index contributed by atoms with van der Waals surface area (Å²) in [5.74, 6) is -0.240. The first-order valence-corrected chi connectivity index (χ1v) is 7.98. The second-order valence-corrected chi connectivity index (χ2v) is 5.97. The topological polar surface area (TPSA) is 17.1 Å². The van der Waals surface area contributed by atoms with E-state index in [1.807, 2.05) is 19.1 Å². The lowest BCUT2D eigenvalue weighted by molar-refractivity contribution is 0.112. The quantitative estimate of drug-likeness (QED) is 0.482. The molecule has 0 aromatic heterocycles. The molecule has 0 atom stereocenters. The third-order valence-electron chi connectivity index (χ3n) is 2.89. The van der Waals surface area contributed by atoms with E-state index < -0.39 is 0 Å². The monoisotopic (exact) mass is 390 g/mol. The highest BCUT2D eigenvalue weighted by Gasteiger charge is 2.06. The van der Waals surface area contributed by atoms with Crippen molar-refractivity contribution in [2.45, 2.75) is 13.3 Å². The van der Waals surface area contributed by atoms with Crippen molar-refractivity contribution in [2.24, 2.45) is 0 Å². The van der Waals surface area contributed by atoms with Crippen LogP contribution in [0.2, 0.25) is 0 Å². The molecule has 0 radical (unpaired) electrons. The molecule has 5 heteroatoms. The van der Waals surface area contributed by atoms with Crippen LogP contribution < -0.4 is 0 Å². The maximum atomic E-state index is 13.1. The third kappa shape index (κ3) is 5.77. The van der Waals surface area contributed by atoms with Crippen LogP contribution in [-0.2, 0) is 6.42 Å². The molecule has 2 aromatic rings. The molecular weight excluding hydrogens is 378 g/mol. The van der Waals surface area contributed by atoms with Gasteiger partial charge in [0.1, 0.15) is 12.1 Å². The molecule has 0 spiro atoms. The van der Waals surface area contributed by atoms with E-state index in [4.69, 9.17) is 23.2 Å². The normalized spacial score (nSPS) is 9.76. The van der Waals surface area contributed by atoms with Crippen molar-refractivity contribution in [2.75, 3.05) is 5.34 Å². The van der Waals surface area contributed by atoms with Crippen LogP contribution in [0.3, 0.4) is 0 Å². The van der Waals surface area contributed by atoms with E-state index in [2.05, 4.69) is 15.9 Å². The van der Waals surface area contributed by atoms with Crippen molar-refractivity contribution in [3.05, 3.63) is 68.9 Å². The summed E-state index contributed by atoms with van der Waals surface area (Å²) < 4.78 is 14.0. The number of carbonyl (C=O) groups is 1. The molecule has 2 aromatic carbocycles. The van der Waals surface area contributed by atoms with Crippen molar-refractivity contribution >= 4 is 45.4 Å². The van der Waals surface area contributed by atoms with Gasteiger partial charge in [-0.1, -0.05) is 28.1 Å². The zero-order valence-corrected chi connectivity index (χ0v) is 14.5. The standard InChI is InChI=1S/C15H12BrFO.CH2Cl2/c1-10-13(6-12(9-18)8-15(10)16)5-11-3-2-4-14(17)7-11;2-1-3/h2-4,6-9H,5H2,1H3;1H2. The minimum atomic E-state index is -0.240. The van der Waals surface area contributed by atoms with Crippen molar-refractivity contribution in [3.63, 3.8) is 0 Å². The van der Waals surface area contributed by atoms with Crippen molar-refractivity contribution < 1.29 is 9.18 Å². The van der Waals surface area contributed by atoms with Gasteiger partial charge in [0.15, 0.2) is 0 Å². The summed E-state index contributed by atoms with van der Waals surface area (Å²) in [5.41, 5.74) is 3.62. The molecule has 0 bridgehead atoms. The van der Waals surface area contributed by atoms with Crippen molar-refractivity contribution in [3.8, 4) is 0 Å². The fourth-order valence-electron chi connectivity index (χ4n) is 1.88. The molecule has 0 heterocycles. The average Bonchev–Trinajstić information content (AvgIpc) is 2.44. The predicted octanol–water partition coefficient (Wildman–Crippen LogP) is 5.72. The number of carbonyl (C=O) groups excluding carboxylic acids is 1. The van der Waals surface area contributed by atoms with Crippen LogP contribution in [0.5, 0.6) is 0 Å². The van der Waals surface area contributed by atoms with Crippen molar-refractivity contribution in [1.82, 2.24) is 0 Å². The maximum absolute atomic E-state index is 13.1. The Labute approximate surface area is 142 Å². The van der Waals surface area contributed by atoms with E-state index in [0.717, 1.165) is 27.4 Å². The van der Waals surface area contributed by atoms with Gasteiger partial charge in [-0.3, -0.25) is 4.79 Å². The van der Waals surface area contributed by atoms with Crippen LogP contribution in [0.1, 0.15) is 27.0 Å². The molecule has 0 aliphatic carbocycles. The lowest BCUT2D eigenvalue weighted by Gasteiger charge is -2.09. The number of halogens is 4. The first kappa shape index (κ1) is 18.1. The molecule has 0 aliphatic rings. The Bertz CT molecular complexity index is 617. The molecule has 1 nitrogen and oxygen atoms in total. The van der Waals surface area contributed by atoms with Crippen LogP contribution >= 0.6 is 39.1 Å². The first-order chi connectivity index (χ1) is 10.0. The second kappa shape index (κ2) is 9.19. The third-order valence-corrected chi connectivity index (χ3v) is 3.72. The van der Waals surface area contributed by atoms with Gasteiger partial charge in [0, 0.05) is 10.0 Å². The second-order valence-electron chi connectivity index (χ2n) is 4.31. The van der Waals surface area contributed by atoms with Gasteiger partial charge in [0.05, 0.1) is 5.34 Å². The zero-order valence-electron chi connectivity index (χ0n) is 11.4. The van der Waals surface area contributed by atoms with Gasteiger partial charge in [-0.2, -0.15) is 0 Å². The van der Waals surface area contributed by atoms with Gasteiger partial charge < -0.3 is 0 Å². The van der Waals surface area contributed by atoms with Gasteiger partial charge in [0.25, 0.3) is 0 Å². The highest BCUT2D eigenvalue weighted by Crippen LogP contribution is 2.24. The summed E-state index contributed by atoms with van der Waals surface area (Å²) in [6.45, 7) is 1.98. The number of benzene rings is 2. The molecule has 0 fully saturated rings. The number of hydrogen-bond donors (Lipinski definition) is 0. The molecule has 0 amide bonds. The summed E-state index contributed by atoms with van der Waals surface area (Å²) in [6.07, 6.45) is 1.43. The molecule has 0 saturated heterocycles. The Kier molecular flexibility index (Phi) is 7.94.